The van der Waals surface area contributed by atoms with E-state index in [1.54, 1.807) is 19.2 Å². The molecule has 144 valence electrons. The first-order chi connectivity index (χ1) is 13.5. The molecule has 0 spiro atoms. The van der Waals surface area contributed by atoms with Crippen molar-refractivity contribution >= 4 is 11.7 Å². The van der Waals surface area contributed by atoms with Crippen molar-refractivity contribution in [1.82, 2.24) is 9.55 Å². The number of carbonyl (C=O) groups is 1. The molecule has 28 heavy (non-hydrogen) atoms. The summed E-state index contributed by atoms with van der Waals surface area (Å²) in [7, 11) is 3.08. The molecule has 1 amide bonds. The number of imidazole rings is 1. The Morgan fingerprint density at radius 2 is 1.79 bits per heavy atom. The van der Waals surface area contributed by atoms with Crippen LogP contribution in [0.4, 0.5) is 14.6 Å². The Balaban J connectivity index is 1.81. The highest BCUT2D eigenvalue weighted by molar-refractivity contribution is 5.94. The molecule has 2 aromatic carbocycles. The fraction of sp³-hybridized carbons (Fsp3) is 0.200. The molecule has 1 atom stereocenters. The number of hydrogen-bond donors (Lipinski definition) is 1. The highest BCUT2D eigenvalue weighted by Gasteiger charge is 2.31. The number of aromatic nitrogens is 2. The third-order valence-corrected chi connectivity index (χ3v) is 4.71. The van der Waals surface area contributed by atoms with Gasteiger partial charge in [0.05, 0.1) is 25.6 Å². The molecule has 0 radical (unpaired) electrons. The van der Waals surface area contributed by atoms with Crippen molar-refractivity contribution in [3.8, 4) is 17.2 Å². The fourth-order valence-corrected chi connectivity index (χ4v) is 3.43. The number of anilines is 1. The molecule has 2 heterocycles. The molecule has 0 aliphatic carbocycles. The average Bonchev–Trinajstić information content (AvgIpc) is 3.09. The molecule has 0 saturated heterocycles. The lowest BCUT2D eigenvalue weighted by atomic mass is 9.89. The van der Waals surface area contributed by atoms with Gasteiger partial charge in [0.25, 0.3) is 0 Å². The predicted octanol–water partition coefficient (Wildman–Crippen LogP) is 3.64. The maximum absolute atomic E-state index is 13.6. The summed E-state index contributed by atoms with van der Waals surface area (Å²) in [6, 6.07) is 8.55. The van der Waals surface area contributed by atoms with Crippen molar-refractivity contribution in [1.29, 1.82) is 0 Å². The molecule has 6 nitrogen and oxygen atoms in total. The normalized spacial score (nSPS) is 15.7. The van der Waals surface area contributed by atoms with E-state index >= 15 is 0 Å². The van der Waals surface area contributed by atoms with E-state index < -0.39 is 11.6 Å². The molecule has 0 fully saturated rings. The number of nitrogens with zero attached hydrogens (tertiary/aromatic N) is 2. The minimum atomic E-state index is -0.712. The summed E-state index contributed by atoms with van der Waals surface area (Å²) in [6.45, 7) is 0. The number of hydrogen-bond acceptors (Lipinski definition) is 4. The van der Waals surface area contributed by atoms with Crippen LogP contribution < -0.4 is 14.8 Å². The van der Waals surface area contributed by atoms with Crippen LogP contribution in [0.25, 0.3) is 5.69 Å². The van der Waals surface area contributed by atoms with Crippen LogP contribution in [0.1, 0.15) is 23.6 Å². The van der Waals surface area contributed by atoms with Crippen LogP contribution in [-0.2, 0) is 4.79 Å². The maximum atomic E-state index is 13.6. The number of methoxy groups -OCH3 is 2. The molecule has 4 rings (SSSR count). The Bertz CT molecular complexity index is 1040. The molecule has 1 unspecified atom stereocenters. The molecule has 1 aliphatic heterocycles. The predicted molar refractivity (Wildman–Crippen MR) is 98.1 cm³/mol. The molecule has 3 aromatic rings. The van der Waals surface area contributed by atoms with Crippen LogP contribution in [0.2, 0.25) is 0 Å². The Labute approximate surface area is 159 Å². The van der Waals surface area contributed by atoms with Crippen LogP contribution in [0.15, 0.2) is 42.7 Å². The fourth-order valence-electron chi connectivity index (χ4n) is 3.43. The number of nitrogens with one attached hydrogen (secondary N) is 1. The minimum Gasteiger partial charge on any atom is -0.493 e. The van der Waals surface area contributed by atoms with Crippen LogP contribution in [-0.4, -0.2) is 29.7 Å². The van der Waals surface area contributed by atoms with Crippen LogP contribution in [0.3, 0.4) is 0 Å². The SMILES string of the molecule is COc1ccc(C2CC(=O)Nc3c2ncn3-c2cc(F)cc(F)c2)cc1OC. The highest BCUT2D eigenvalue weighted by Crippen LogP contribution is 2.40. The number of benzene rings is 2. The number of ether oxygens (including phenoxy) is 2. The summed E-state index contributed by atoms with van der Waals surface area (Å²) in [5, 5.41) is 2.76. The van der Waals surface area contributed by atoms with Crippen molar-refractivity contribution in [2.45, 2.75) is 12.3 Å². The van der Waals surface area contributed by atoms with Gasteiger partial charge in [-0.05, 0) is 29.8 Å². The molecule has 1 aromatic heterocycles. The first-order valence-corrected chi connectivity index (χ1v) is 8.55. The number of carbonyl (C=O) groups excluding carboxylic acids is 1. The Kier molecular flexibility index (Phi) is 4.46. The van der Waals surface area contributed by atoms with Gasteiger partial charge in [0.2, 0.25) is 5.91 Å². The van der Waals surface area contributed by atoms with E-state index in [1.165, 1.54) is 30.1 Å². The van der Waals surface area contributed by atoms with E-state index in [0.717, 1.165) is 11.6 Å². The molecular weight excluding hydrogens is 368 g/mol. The summed E-state index contributed by atoms with van der Waals surface area (Å²) < 4.78 is 39.3. The van der Waals surface area contributed by atoms with Crippen LogP contribution in [0.5, 0.6) is 11.5 Å². The van der Waals surface area contributed by atoms with Gasteiger partial charge in [0.1, 0.15) is 23.8 Å². The van der Waals surface area contributed by atoms with Crippen molar-refractivity contribution in [3.05, 3.63) is 65.6 Å². The second-order valence-electron chi connectivity index (χ2n) is 6.40. The van der Waals surface area contributed by atoms with Crippen molar-refractivity contribution in [2.24, 2.45) is 0 Å². The van der Waals surface area contributed by atoms with Gasteiger partial charge < -0.3 is 14.8 Å². The second-order valence-corrected chi connectivity index (χ2v) is 6.40. The van der Waals surface area contributed by atoms with Gasteiger partial charge >= 0.3 is 0 Å². The number of halogens is 2. The lowest BCUT2D eigenvalue weighted by Gasteiger charge is -2.24. The monoisotopic (exact) mass is 385 g/mol. The highest BCUT2D eigenvalue weighted by atomic mass is 19.1. The number of amides is 1. The van der Waals surface area contributed by atoms with Gasteiger partial charge in [0, 0.05) is 18.4 Å². The lowest BCUT2D eigenvalue weighted by molar-refractivity contribution is -0.116. The van der Waals surface area contributed by atoms with Crippen molar-refractivity contribution < 1.29 is 23.0 Å². The quantitative estimate of drug-likeness (QED) is 0.745. The molecular formula is C20H17F2N3O3. The maximum Gasteiger partial charge on any atom is 0.226 e. The standard InChI is InChI=1S/C20H17F2N3O3/c1-27-16-4-3-11(5-17(16)28-2)15-9-18(26)24-20-19(15)23-10-25(20)14-7-12(21)6-13(22)8-14/h3-8,10,15H,9H2,1-2H3,(H,24,26). The second kappa shape index (κ2) is 6.95. The lowest BCUT2D eigenvalue weighted by Crippen LogP contribution is -2.25. The zero-order valence-electron chi connectivity index (χ0n) is 15.2. The smallest absolute Gasteiger partial charge is 0.226 e. The Hall–Kier alpha value is -3.42. The molecule has 0 bridgehead atoms. The summed E-state index contributed by atoms with van der Waals surface area (Å²) in [4.78, 5) is 16.8. The van der Waals surface area contributed by atoms with Gasteiger partial charge in [-0.25, -0.2) is 13.8 Å². The molecule has 1 N–H and O–H groups in total. The topological polar surface area (TPSA) is 65.4 Å². The van der Waals surface area contributed by atoms with E-state index in [-0.39, 0.29) is 23.9 Å². The largest absolute Gasteiger partial charge is 0.493 e. The van der Waals surface area contributed by atoms with Gasteiger partial charge in [-0.2, -0.15) is 0 Å². The molecule has 1 aliphatic rings. The summed E-state index contributed by atoms with van der Waals surface area (Å²) >= 11 is 0. The Morgan fingerprint density at radius 3 is 2.46 bits per heavy atom. The van der Waals surface area contributed by atoms with Gasteiger partial charge in [-0.15, -0.1) is 0 Å². The van der Waals surface area contributed by atoms with Gasteiger partial charge in [0.15, 0.2) is 11.5 Å². The van der Waals surface area contributed by atoms with E-state index in [1.807, 2.05) is 6.07 Å². The number of fused-ring (bicyclic) bond motifs is 1. The zero-order chi connectivity index (χ0) is 19.8. The van der Waals surface area contributed by atoms with Crippen molar-refractivity contribution in [2.75, 3.05) is 19.5 Å². The molecule has 8 heteroatoms. The summed E-state index contributed by atoms with van der Waals surface area (Å²) in [5.41, 5.74) is 1.67. The number of rotatable bonds is 4. The van der Waals surface area contributed by atoms with E-state index in [2.05, 4.69) is 10.3 Å². The van der Waals surface area contributed by atoms with Crippen molar-refractivity contribution in [3.63, 3.8) is 0 Å². The van der Waals surface area contributed by atoms with E-state index in [0.29, 0.717) is 23.0 Å². The first kappa shape index (κ1) is 18.0. The first-order valence-electron chi connectivity index (χ1n) is 8.55. The van der Waals surface area contributed by atoms with E-state index in [9.17, 15) is 13.6 Å². The third kappa shape index (κ3) is 3.06. The van der Waals surface area contributed by atoms with Gasteiger partial charge in [-0.1, -0.05) is 6.07 Å². The van der Waals surface area contributed by atoms with Crippen LogP contribution in [0, 0.1) is 11.6 Å². The third-order valence-electron chi connectivity index (χ3n) is 4.71. The summed E-state index contributed by atoms with van der Waals surface area (Å²) in [5.74, 6) is -0.464. The van der Waals surface area contributed by atoms with E-state index in [4.69, 9.17) is 9.47 Å². The van der Waals surface area contributed by atoms with Gasteiger partial charge in [-0.3, -0.25) is 9.36 Å². The van der Waals surface area contributed by atoms with Crippen LogP contribution >= 0.6 is 0 Å². The Morgan fingerprint density at radius 1 is 1.07 bits per heavy atom. The summed E-state index contributed by atoms with van der Waals surface area (Å²) in [6.07, 6.45) is 1.63. The zero-order valence-corrected chi connectivity index (χ0v) is 15.2. The molecule has 0 saturated carbocycles. The average molecular weight is 385 g/mol. The minimum absolute atomic E-state index is 0.191.